The lowest BCUT2D eigenvalue weighted by Crippen LogP contribution is -2.46. The van der Waals surface area contributed by atoms with Crippen LogP contribution in [0.4, 0.5) is 5.69 Å². The van der Waals surface area contributed by atoms with Crippen molar-refractivity contribution in [1.29, 1.82) is 0 Å². The molecule has 2 atom stereocenters. The molecule has 7 heteroatoms. The van der Waals surface area contributed by atoms with Gasteiger partial charge in [0.2, 0.25) is 11.8 Å². The standard InChI is InChI=1S/C25H24BrNO5/c1-24(2,3)17-6-4-5-7-19(17)27-20(28)14-18(22(27)30)25(12-13-32-23(25)31)21(29)15-8-10-16(26)11-9-15/h4-11,18H,12-14H2,1-3H3/t18-,25-/m0/s1. The molecule has 0 saturated carbocycles. The Morgan fingerprint density at radius 3 is 2.31 bits per heavy atom. The molecule has 0 aliphatic carbocycles. The quantitative estimate of drug-likeness (QED) is 0.270. The number of cyclic esters (lactones) is 1. The second-order valence-corrected chi connectivity index (χ2v) is 10.2. The summed E-state index contributed by atoms with van der Waals surface area (Å²) >= 11 is 3.34. The van der Waals surface area contributed by atoms with Gasteiger partial charge in [-0.1, -0.05) is 67.0 Å². The number of imide groups is 1. The molecule has 2 aromatic carbocycles. The first-order valence-electron chi connectivity index (χ1n) is 10.5. The first-order valence-corrected chi connectivity index (χ1v) is 11.3. The van der Waals surface area contributed by atoms with E-state index in [1.165, 1.54) is 0 Å². The maximum absolute atomic E-state index is 13.7. The summed E-state index contributed by atoms with van der Waals surface area (Å²) in [5, 5.41) is 0. The van der Waals surface area contributed by atoms with E-state index in [-0.39, 0.29) is 24.9 Å². The monoisotopic (exact) mass is 497 g/mol. The molecule has 2 heterocycles. The van der Waals surface area contributed by atoms with E-state index in [4.69, 9.17) is 4.74 Å². The Morgan fingerprint density at radius 2 is 1.72 bits per heavy atom. The number of carbonyl (C=O) groups is 4. The van der Waals surface area contributed by atoms with Gasteiger partial charge >= 0.3 is 5.97 Å². The minimum absolute atomic E-state index is 0.0393. The molecule has 0 N–H and O–H groups in total. The van der Waals surface area contributed by atoms with Crippen molar-refractivity contribution in [3.8, 4) is 0 Å². The lowest BCUT2D eigenvalue weighted by Gasteiger charge is -2.30. The third kappa shape index (κ3) is 3.48. The second kappa shape index (κ2) is 7.96. The highest BCUT2D eigenvalue weighted by Crippen LogP contribution is 2.47. The third-order valence-electron chi connectivity index (χ3n) is 6.30. The number of halogens is 1. The van der Waals surface area contributed by atoms with Gasteiger partial charge in [-0.25, -0.2) is 4.90 Å². The second-order valence-electron chi connectivity index (χ2n) is 9.28. The highest BCUT2D eigenvalue weighted by Gasteiger charge is 2.63. The number of esters is 1. The summed E-state index contributed by atoms with van der Waals surface area (Å²) in [6, 6.07) is 13.9. The molecule has 166 valence electrons. The van der Waals surface area contributed by atoms with Gasteiger partial charge in [0.25, 0.3) is 0 Å². The average Bonchev–Trinajstić information content (AvgIpc) is 3.27. The zero-order chi connectivity index (χ0) is 23.3. The number of amides is 2. The highest BCUT2D eigenvalue weighted by molar-refractivity contribution is 9.10. The van der Waals surface area contributed by atoms with E-state index in [9.17, 15) is 19.2 Å². The van der Waals surface area contributed by atoms with E-state index in [1.54, 1.807) is 36.4 Å². The fraction of sp³-hybridized carbons (Fsp3) is 0.360. The molecule has 0 bridgehead atoms. The minimum atomic E-state index is -1.70. The molecule has 2 aliphatic rings. The van der Waals surface area contributed by atoms with Gasteiger partial charge in [-0.15, -0.1) is 0 Å². The van der Waals surface area contributed by atoms with Crippen molar-refractivity contribution < 1.29 is 23.9 Å². The van der Waals surface area contributed by atoms with Crippen molar-refractivity contribution in [3.05, 3.63) is 64.1 Å². The Labute approximate surface area is 195 Å². The zero-order valence-electron chi connectivity index (χ0n) is 18.2. The lowest BCUT2D eigenvalue weighted by atomic mass is 9.68. The molecule has 0 aromatic heterocycles. The molecule has 2 saturated heterocycles. The molecular weight excluding hydrogens is 474 g/mol. The maximum Gasteiger partial charge on any atom is 0.320 e. The minimum Gasteiger partial charge on any atom is -0.465 e. The van der Waals surface area contributed by atoms with Crippen LogP contribution in [-0.2, 0) is 24.5 Å². The molecule has 2 aromatic rings. The van der Waals surface area contributed by atoms with Crippen molar-refractivity contribution in [2.75, 3.05) is 11.5 Å². The summed E-state index contributed by atoms with van der Waals surface area (Å²) in [4.78, 5) is 54.5. The number of ketones is 1. The summed E-state index contributed by atoms with van der Waals surface area (Å²) in [7, 11) is 0. The summed E-state index contributed by atoms with van der Waals surface area (Å²) in [5.74, 6) is -3.27. The van der Waals surface area contributed by atoms with Gasteiger partial charge < -0.3 is 4.74 Å². The molecule has 6 nitrogen and oxygen atoms in total. The van der Waals surface area contributed by atoms with Gasteiger partial charge in [0.05, 0.1) is 18.2 Å². The predicted octanol–water partition coefficient (Wildman–Crippen LogP) is 4.44. The van der Waals surface area contributed by atoms with E-state index in [0.29, 0.717) is 11.3 Å². The van der Waals surface area contributed by atoms with Crippen molar-refractivity contribution in [2.45, 2.75) is 39.0 Å². The Bertz CT molecular complexity index is 1120. The number of benzene rings is 2. The Balaban J connectivity index is 1.78. The molecule has 2 fully saturated rings. The van der Waals surface area contributed by atoms with Crippen LogP contribution >= 0.6 is 15.9 Å². The van der Waals surface area contributed by atoms with Gasteiger partial charge in [0.15, 0.2) is 5.78 Å². The van der Waals surface area contributed by atoms with Gasteiger partial charge in [0, 0.05) is 22.9 Å². The first-order chi connectivity index (χ1) is 15.1. The maximum atomic E-state index is 13.7. The molecule has 2 aliphatic heterocycles. The first kappa shape index (κ1) is 22.4. The van der Waals surface area contributed by atoms with Crippen LogP contribution in [0.25, 0.3) is 0 Å². The summed E-state index contributed by atoms with van der Waals surface area (Å²) in [6.45, 7) is 6.04. The fourth-order valence-electron chi connectivity index (χ4n) is 4.65. The SMILES string of the molecule is CC(C)(C)c1ccccc1N1C(=O)C[C@H]([C@]2(C(=O)c3ccc(Br)cc3)CCOC2=O)C1=O. The normalized spacial score (nSPS) is 23.6. The van der Waals surface area contributed by atoms with E-state index in [1.807, 2.05) is 32.9 Å². The van der Waals surface area contributed by atoms with Gasteiger partial charge in [-0.3, -0.25) is 19.2 Å². The number of carbonyl (C=O) groups excluding carboxylic acids is 4. The summed E-state index contributed by atoms with van der Waals surface area (Å²) < 4.78 is 5.99. The lowest BCUT2D eigenvalue weighted by molar-refractivity contribution is -0.148. The van der Waals surface area contributed by atoms with Crippen molar-refractivity contribution >= 4 is 45.2 Å². The molecule has 2 amide bonds. The molecule has 32 heavy (non-hydrogen) atoms. The van der Waals surface area contributed by atoms with Crippen LogP contribution in [0.15, 0.2) is 53.0 Å². The smallest absolute Gasteiger partial charge is 0.320 e. The molecule has 4 rings (SSSR count). The molecule has 0 spiro atoms. The Morgan fingerprint density at radius 1 is 1.06 bits per heavy atom. The van der Waals surface area contributed by atoms with Crippen LogP contribution in [0.1, 0.15) is 49.5 Å². The van der Waals surface area contributed by atoms with Crippen molar-refractivity contribution in [1.82, 2.24) is 0 Å². The number of rotatable bonds is 4. The molecule has 0 radical (unpaired) electrons. The van der Waals surface area contributed by atoms with Crippen LogP contribution in [-0.4, -0.2) is 30.2 Å². The van der Waals surface area contributed by atoms with E-state index in [0.717, 1.165) is 14.9 Å². The van der Waals surface area contributed by atoms with E-state index < -0.39 is 34.9 Å². The number of Topliss-reactive ketones (excluding diaryl/α,β-unsaturated/α-hetero) is 1. The van der Waals surface area contributed by atoms with Crippen LogP contribution in [0.2, 0.25) is 0 Å². The Kier molecular flexibility index (Phi) is 5.57. The fourth-order valence-corrected chi connectivity index (χ4v) is 4.91. The number of nitrogens with zero attached hydrogens (tertiary/aromatic N) is 1. The molecule has 0 unspecified atom stereocenters. The summed E-state index contributed by atoms with van der Waals surface area (Å²) in [6.07, 6.45) is -0.145. The van der Waals surface area contributed by atoms with E-state index in [2.05, 4.69) is 15.9 Å². The number of hydrogen-bond acceptors (Lipinski definition) is 5. The van der Waals surface area contributed by atoms with Crippen molar-refractivity contribution in [3.63, 3.8) is 0 Å². The zero-order valence-corrected chi connectivity index (χ0v) is 19.8. The third-order valence-corrected chi connectivity index (χ3v) is 6.83. The number of anilines is 1. The van der Waals surface area contributed by atoms with E-state index >= 15 is 0 Å². The number of para-hydroxylation sites is 1. The van der Waals surface area contributed by atoms with Crippen LogP contribution < -0.4 is 4.90 Å². The van der Waals surface area contributed by atoms with Crippen LogP contribution in [0.3, 0.4) is 0 Å². The number of ether oxygens (including phenoxy) is 1. The Hall–Kier alpha value is -2.80. The average molecular weight is 498 g/mol. The predicted molar refractivity (Wildman–Crippen MR) is 122 cm³/mol. The van der Waals surface area contributed by atoms with Gasteiger partial charge in [0.1, 0.15) is 5.41 Å². The number of hydrogen-bond donors (Lipinski definition) is 0. The van der Waals surface area contributed by atoms with Crippen LogP contribution in [0.5, 0.6) is 0 Å². The highest BCUT2D eigenvalue weighted by atomic mass is 79.9. The van der Waals surface area contributed by atoms with Gasteiger partial charge in [-0.2, -0.15) is 0 Å². The summed E-state index contributed by atoms with van der Waals surface area (Å²) in [5.41, 5.74) is -0.376. The molecular formula is C25H24BrNO5. The van der Waals surface area contributed by atoms with Crippen molar-refractivity contribution in [2.24, 2.45) is 11.3 Å². The largest absolute Gasteiger partial charge is 0.465 e. The van der Waals surface area contributed by atoms with Crippen LogP contribution in [0, 0.1) is 11.3 Å². The topological polar surface area (TPSA) is 80.8 Å². The van der Waals surface area contributed by atoms with Gasteiger partial charge in [-0.05, 0) is 29.2 Å².